The molecule has 0 amide bonds. The van der Waals surface area contributed by atoms with E-state index in [0.717, 1.165) is 5.56 Å². The molecule has 0 aliphatic rings. The van der Waals surface area contributed by atoms with Gasteiger partial charge in [-0.1, -0.05) is 17.7 Å². The van der Waals surface area contributed by atoms with Crippen molar-refractivity contribution in [3.05, 3.63) is 53.3 Å². The van der Waals surface area contributed by atoms with Crippen molar-refractivity contribution in [1.82, 2.24) is 4.57 Å². The fraction of sp³-hybridized carbons (Fsp3) is 0.267. The lowest BCUT2D eigenvalue weighted by atomic mass is 10.2. The van der Waals surface area contributed by atoms with Crippen LogP contribution in [0.15, 0.2) is 41.6 Å². The third kappa shape index (κ3) is 3.05. The molecule has 0 saturated heterocycles. The Morgan fingerprint density at radius 2 is 2.06 bits per heavy atom. The van der Waals surface area contributed by atoms with Crippen molar-refractivity contribution in [3.8, 4) is 0 Å². The summed E-state index contributed by atoms with van der Waals surface area (Å²) in [4.78, 5) is 13.2. The van der Waals surface area contributed by atoms with Gasteiger partial charge in [0.2, 0.25) is 0 Å². The van der Waals surface area contributed by atoms with Crippen LogP contribution in [0.5, 0.6) is 0 Å². The Bertz CT molecular complexity index is 572. The highest BCUT2D eigenvalue weighted by atomic mass is 32.2. The Balaban J connectivity index is 2.01. The molecule has 1 aromatic carbocycles. The number of benzene rings is 1. The Labute approximate surface area is 112 Å². The third-order valence-electron chi connectivity index (χ3n) is 2.84. The van der Waals surface area contributed by atoms with E-state index >= 15 is 0 Å². The van der Waals surface area contributed by atoms with Crippen LogP contribution in [0.25, 0.3) is 0 Å². The lowest BCUT2D eigenvalue weighted by Crippen LogP contribution is -2.01. The summed E-state index contributed by atoms with van der Waals surface area (Å²) in [6.07, 6.45) is 3.76. The smallest absolute Gasteiger partial charge is 0.174 e. The zero-order valence-corrected chi connectivity index (χ0v) is 11.8. The Kier molecular flexibility index (Phi) is 3.92. The van der Waals surface area contributed by atoms with E-state index in [0.29, 0.717) is 5.75 Å². The van der Waals surface area contributed by atoms with Crippen LogP contribution in [0.1, 0.15) is 21.5 Å². The van der Waals surface area contributed by atoms with Gasteiger partial charge < -0.3 is 4.57 Å². The highest BCUT2D eigenvalue weighted by molar-refractivity contribution is 8.00. The number of thioether (sulfide) groups is 1. The van der Waals surface area contributed by atoms with Gasteiger partial charge in [-0.15, -0.1) is 11.8 Å². The molecule has 1 heterocycles. The molecule has 2 nitrogen and oxygen atoms in total. The van der Waals surface area contributed by atoms with E-state index in [1.807, 2.05) is 30.1 Å². The van der Waals surface area contributed by atoms with Crippen LogP contribution >= 0.6 is 11.8 Å². The van der Waals surface area contributed by atoms with Crippen molar-refractivity contribution >= 4 is 17.5 Å². The van der Waals surface area contributed by atoms with Crippen LogP contribution in [0.2, 0.25) is 0 Å². The van der Waals surface area contributed by atoms with Gasteiger partial charge in [0.25, 0.3) is 0 Å². The summed E-state index contributed by atoms with van der Waals surface area (Å²) >= 11 is 1.61. The zero-order valence-electron chi connectivity index (χ0n) is 10.9. The second-order valence-corrected chi connectivity index (χ2v) is 5.56. The topological polar surface area (TPSA) is 22.0 Å². The van der Waals surface area contributed by atoms with Gasteiger partial charge in [-0.3, -0.25) is 4.79 Å². The molecule has 94 valence electrons. The molecule has 0 bridgehead atoms. The van der Waals surface area contributed by atoms with Gasteiger partial charge in [-0.2, -0.15) is 0 Å². The SMILES string of the molecule is Cc1ccc(SCC(=O)c2ccn(C)c2)c(C)c1. The maximum atomic E-state index is 12.0. The van der Waals surface area contributed by atoms with Crippen molar-refractivity contribution in [3.63, 3.8) is 0 Å². The van der Waals surface area contributed by atoms with Crippen molar-refractivity contribution < 1.29 is 4.79 Å². The van der Waals surface area contributed by atoms with Gasteiger partial charge >= 0.3 is 0 Å². The summed E-state index contributed by atoms with van der Waals surface area (Å²) in [6, 6.07) is 8.19. The van der Waals surface area contributed by atoms with Crippen molar-refractivity contribution in [2.45, 2.75) is 18.7 Å². The van der Waals surface area contributed by atoms with E-state index in [-0.39, 0.29) is 5.78 Å². The molecule has 2 aromatic rings. The summed E-state index contributed by atoms with van der Waals surface area (Å²) < 4.78 is 1.90. The van der Waals surface area contributed by atoms with Gasteiger partial charge in [-0.25, -0.2) is 0 Å². The lowest BCUT2D eigenvalue weighted by molar-refractivity contribution is 0.102. The van der Waals surface area contributed by atoms with Crippen molar-refractivity contribution in [2.75, 3.05) is 5.75 Å². The first-order valence-corrected chi connectivity index (χ1v) is 6.90. The number of aromatic nitrogens is 1. The highest BCUT2D eigenvalue weighted by Crippen LogP contribution is 2.24. The summed E-state index contributed by atoms with van der Waals surface area (Å²) in [6.45, 7) is 4.17. The lowest BCUT2D eigenvalue weighted by Gasteiger charge is -2.05. The van der Waals surface area contributed by atoms with Crippen molar-refractivity contribution in [2.24, 2.45) is 7.05 Å². The van der Waals surface area contributed by atoms with E-state index in [1.165, 1.54) is 16.0 Å². The summed E-state index contributed by atoms with van der Waals surface area (Å²) in [5.41, 5.74) is 3.28. The summed E-state index contributed by atoms with van der Waals surface area (Å²) in [5.74, 6) is 0.675. The monoisotopic (exact) mass is 259 g/mol. The fourth-order valence-electron chi connectivity index (χ4n) is 1.86. The molecule has 0 unspecified atom stereocenters. The molecule has 0 aliphatic carbocycles. The summed E-state index contributed by atoms with van der Waals surface area (Å²) in [5, 5.41) is 0. The van der Waals surface area contributed by atoms with Crippen LogP contribution in [0, 0.1) is 13.8 Å². The average Bonchev–Trinajstić information content (AvgIpc) is 2.74. The second-order valence-electron chi connectivity index (χ2n) is 4.55. The van der Waals surface area contributed by atoms with Crippen LogP contribution in [-0.4, -0.2) is 16.1 Å². The highest BCUT2D eigenvalue weighted by Gasteiger charge is 2.08. The van der Waals surface area contributed by atoms with E-state index < -0.39 is 0 Å². The molecule has 18 heavy (non-hydrogen) atoms. The first kappa shape index (κ1) is 13.0. The maximum absolute atomic E-state index is 12.0. The first-order valence-electron chi connectivity index (χ1n) is 5.91. The Hall–Kier alpha value is -1.48. The van der Waals surface area contributed by atoms with E-state index in [2.05, 4.69) is 32.0 Å². The Morgan fingerprint density at radius 1 is 1.28 bits per heavy atom. The molecule has 0 spiro atoms. The van der Waals surface area contributed by atoms with Gasteiger partial charge in [0.05, 0.1) is 5.75 Å². The number of carbonyl (C=O) groups is 1. The maximum Gasteiger partial charge on any atom is 0.174 e. The standard InChI is InChI=1S/C15H17NOS/c1-11-4-5-15(12(2)8-11)18-10-14(17)13-6-7-16(3)9-13/h4-9H,10H2,1-3H3. The number of aryl methyl sites for hydroxylation is 3. The quantitative estimate of drug-likeness (QED) is 0.618. The molecule has 1 aromatic heterocycles. The number of carbonyl (C=O) groups excluding carboxylic acids is 1. The number of hydrogen-bond donors (Lipinski definition) is 0. The minimum Gasteiger partial charge on any atom is -0.357 e. The van der Waals surface area contributed by atoms with Gasteiger partial charge in [0.1, 0.15) is 0 Å². The molecule has 3 heteroatoms. The normalized spacial score (nSPS) is 10.6. The number of nitrogens with zero attached hydrogens (tertiary/aromatic N) is 1. The number of rotatable bonds is 4. The van der Waals surface area contributed by atoms with Crippen LogP contribution in [0.3, 0.4) is 0 Å². The van der Waals surface area contributed by atoms with Crippen LogP contribution in [-0.2, 0) is 7.05 Å². The Morgan fingerprint density at radius 3 is 2.67 bits per heavy atom. The minimum atomic E-state index is 0.181. The molecule has 0 saturated carbocycles. The predicted molar refractivity (Wildman–Crippen MR) is 76.4 cm³/mol. The zero-order chi connectivity index (χ0) is 13.1. The molecular formula is C15H17NOS. The van der Waals surface area contributed by atoms with Crippen LogP contribution < -0.4 is 0 Å². The fourth-order valence-corrected chi connectivity index (χ4v) is 2.76. The number of hydrogen-bond acceptors (Lipinski definition) is 2. The molecule has 0 radical (unpaired) electrons. The van der Waals surface area contributed by atoms with Gasteiger partial charge in [0.15, 0.2) is 5.78 Å². The molecule has 2 rings (SSSR count). The molecule has 0 atom stereocenters. The van der Waals surface area contributed by atoms with Gasteiger partial charge in [-0.05, 0) is 31.5 Å². The van der Waals surface area contributed by atoms with Gasteiger partial charge in [0, 0.05) is 29.9 Å². The molecular weight excluding hydrogens is 242 g/mol. The molecule has 0 aliphatic heterocycles. The predicted octanol–water partition coefficient (Wildman–Crippen LogP) is 3.62. The van der Waals surface area contributed by atoms with Crippen molar-refractivity contribution in [1.29, 1.82) is 0 Å². The minimum absolute atomic E-state index is 0.181. The summed E-state index contributed by atoms with van der Waals surface area (Å²) in [7, 11) is 1.92. The number of ketones is 1. The van der Waals surface area contributed by atoms with Crippen LogP contribution in [0.4, 0.5) is 0 Å². The van der Waals surface area contributed by atoms with E-state index in [1.54, 1.807) is 11.8 Å². The number of Topliss-reactive ketones (excluding diaryl/α,β-unsaturated/α-hetero) is 1. The molecule has 0 N–H and O–H groups in total. The largest absolute Gasteiger partial charge is 0.357 e. The van der Waals surface area contributed by atoms with E-state index in [9.17, 15) is 4.79 Å². The molecule has 0 fully saturated rings. The third-order valence-corrected chi connectivity index (χ3v) is 4.02. The van der Waals surface area contributed by atoms with E-state index in [4.69, 9.17) is 0 Å². The first-order chi connectivity index (χ1) is 8.56. The second kappa shape index (κ2) is 5.44. The average molecular weight is 259 g/mol.